The number of benzene rings is 2. The van der Waals surface area contributed by atoms with E-state index in [0.717, 1.165) is 16.7 Å². The largest absolute Gasteiger partial charge is 0.349 e. The molecular weight excluding hydrogens is 336 g/mol. The Morgan fingerprint density at radius 3 is 2.52 bits per heavy atom. The van der Waals surface area contributed by atoms with E-state index in [1.807, 2.05) is 49.4 Å². The number of para-hydroxylation sites is 1. The molecule has 0 aliphatic carbocycles. The molecule has 1 heterocycles. The molecule has 1 atom stereocenters. The van der Waals surface area contributed by atoms with Crippen molar-refractivity contribution >= 4 is 21.6 Å². The Hall–Kier alpha value is -2.34. The number of fused-ring (bicyclic) bond motifs is 1. The van der Waals surface area contributed by atoms with Gasteiger partial charge in [-0.3, -0.25) is 9.10 Å². The third-order valence-corrected chi connectivity index (χ3v) is 5.60. The second kappa shape index (κ2) is 6.88. The smallest absolute Gasteiger partial charge is 0.232 e. The van der Waals surface area contributed by atoms with Gasteiger partial charge in [0.1, 0.15) is 0 Å². The van der Waals surface area contributed by atoms with Crippen LogP contribution in [0, 0.1) is 6.92 Å². The van der Waals surface area contributed by atoms with E-state index in [1.54, 1.807) is 6.07 Å². The standard InChI is InChI=1S/C19H22N2O3S/c1-14-7-9-15(10-8-14)13-19(22)20-17-11-12-21(25(2,23)24)18-6-4-3-5-16(17)18/h3-10,17H,11-13H2,1-2H3,(H,20,22). The first-order valence-corrected chi connectivity index (χ1v) is 10.1. The Morgan fingerprint density at radius 1 is 1.16 bits per heavy atom. The second-order valence-electron chi connectivity index (χ2n) is 6.47. The minimum absolute atomic E-state index is 0.0588. The summed E-state index contributed by atoms with van der Waals surface area (Å²) in [7, 11) is -3.32. The van der Waals surface area contributed by atoms with Gasteiger partial charge in [-0.25, -0.2) is 8.42 Å². The number of nitrogens with one attached hydrogen (secondary N) is 1. The van der Waals surface area contributed by atoms with Crippen molar-refractivity contribution in [3.8, 4) is 0 Å². The molecular formula is C19H22N2O3S. The van der Waals surface area contributed by atoms with Crippen LogP contribution in [-0.2, 0) is 21.2 Å². The summed E-state index contributed by atoms with van der Waals surface area (Å²) in [6, 6.07) is 15.1. The third-order valence-electron chi connectivity index (χ3n) is 4.42. The van der Waals surface area contributed by atoms with Crippen molar-refractivity contribution < 1.29 is 13.2 Å². The van der Waals surface area contributed by atoms with Crippen LogP contribution >= 0.6 is 0 Å². The Balaban J connectivity index is 1.77. The molecule has 0 spiro atoms. The number of aryl methyl sites for hydroxylation is 1. The molecule has 25 heavy (non-hydrogen) atoms. The molecule has 6 heteroatoms. The molecule has 0 aromatic heterocycles. The van der Waals surface area contributed by atoms with E-state index in [2.05, 4.69) is 5.32 Å². The fourth-order valence-electron chi connectivity index (χ4n) is 3.16. The summed E-state index contributed by atoms with van der Waals surface area (Å²) in [5.41, 5.74) is 3.62. The molecule has 2 aromatic rings. The van der Waals surface area contributed by atoms with Gasteiger partial charge in [-0.15, -0.1) is 0 Å². The molecule has 2 aromatic carbocycles. The van der Waals surface area contributed by atoms with Crippen LogP contribution in [0.4, 0.5) is 5.69 Å². The molecule has 1 aliphatic rings. The zero-order valence-corrected chi connectivity index (χ0v) is 15.2. The molecule has 0 saturated heterocycles. The number of hydrogen-bond acceptors (Lipinski definition) is 3. The molecule has 5 nitrogen and oxygen atoms in total. The normalized spacial score (nSPS) is 17.0. The molecule has 0 radical (unpaired) electrons. The first-order chi connectivity index (χ1) is 11.8. The number of carbonyl (C=O) groups is 1. The van der Waals surface area contributed by atoms with Crippen molar-refractivity contribution in [3.63, 3.8) is 0 Å². The predicted octanol–water partition coefficient (Wildman–Crippen LogP) is 2.56. The summed E-state index contributed by atoms with van der Waals surface area (Å²) in [4.78, 5) is 12.4. The van der Waals surface area contributed by atoms with Gasteiger partial charge < -0.3 is 5.32 Å². The van der Waals surface area contributed by atoms with Crippen LogP contribution in [0.15, 0.2) is 48.5 Å². The summed E-state index contributed by atoms with van der Waals surface area (Å²) in [5, 5.41) is 3.05. The summed E-state index contributed by atoms with van der Waals surface area (Å²) in [5.74, 6) is -0.0588. The minimum Gasteiger partial charge on any atom is -0.349 e. The third kappa shape index (κ3) is 4.02. The lowest BCUT2D eigenvalue weighted by Gasteiger charge is -2.34. The summed E-state index contributed by atoms with van der Waals surface area (Å²) < 4.78 is 25.4. The quantitative estimate of drug-likeness (QED) is 0.913. The maximum Gasteiger partial charge on any atom is 0.232 e. The number of hydrogen-bond donors (Lipinski definition) is 1. The van der Waals surface area contributed by atoms with Gasteiger partial charge in [-0.05, 0) is 30.5 Å². The fraction of sp³-hybridized carbons (Fsp3) is 0.316. The van der Waals surface area contributed by atoms with E-state index >= 15 is 0 Å². The van der Waals surface area contributed by atoms with Gasteiger partial charge in [0, 0.05) is 6.54 Å². The van der Waals surface area contributed by atoms with Gasteiger partial charge in [-0.2, -0.15) is 0 Å². The Labute approximate surface area is 148 Å². The summed E-state index contributed by atoms with van der Waals surface area (Å²) in [6.07, 6.45) is 2.08. The molecule has 0 bridgehead atoms. The van der Waals surface area contributed by atoms with Crippen molar-refractivity contribution in [2.24, 2.45) is 0 Å². The molecule has 0 saturated carbocycles. The first kappa shape index (κ1) is 17.5. The summed E-state index contributed by atoms with van der Waals surface area (Å²) >= 11 is 0. The SMILES string of the molecule is Cc1ccc(CC(=O)NC2CCN(S(C)(=O)=O)c3ccccc32)cc1. The van der Waals surface area contributed by atoms with Crippen molar-refractivity contribution in [1.29, 1.82) is 0 Å². The van der Waals surface area contributed by atoms with Gasteiger partial charge in [0.05, 0.1) is 24.4 Å². The highest BCUT2D eigenvalue weighted by Gasteiger charge is 2.30. The molecule has 1 N–H and O–H groups in total. The molecule has 1 aliphatic heterocycles. The van der Waals surface area contributed by atoms with Gasteiger partial charge in [0.2, 0.25) is 15.9 Å². The average Bonchev–Trinajstić information content (AvgIpc) is 2.56. The van der Waals surface area contributed by atoms with Crippen molar-refractivity contribution in [2.75, 3.05) is 17.1 Å². The Morgan fingerprint density at radius 2 is 1.84 bits per heavy atom. The Bertz CT molecular complexity index is 876. The van der Waals surface area contributed by atoms with Crippen LogP contribution in [-0.4, -0.2) is 27.1 Å². The van der Waals surface area contributed by atoms with Gasteiger partial charge >= 0.3 is 0 Å². The molecule has 1 amide bonds. The van der Waals surface area contributed by atoms with E-state index in [1.165, 1.54) is 10.6 Å². The van der Waals surface area contributed by atoms with Crippen LogP contribution in [0.1, 0.15) is 29.2 Å². The highest BCUT2D eigenvalue weighted by Crippen LogP contribution is 2.34. The number of carbonyl (C=O) groups excluding carboxylic acids is 1. The number of rotatable bonds is 4. The first-order valence-electron chi connectivity index (χ1n) is 8.26. The number of amides is 1. The number of nitrogens with zero attached hydrogens (tertiary/aromatic N) is 1. The fourth-order valence-corrected chi connectivity index (χ4v) is 4.12. The maximum atomic E-state index is 12.4. The van der Waals surface area contributed by atoms with E-state index in [9.17, 15) is 13.2 Å². The second-order valence-corrected chi connectivity index (χ2v) is 8.37. The van der Waals surface area contributed by atoms with E-state index in [0.29, 0.717) is 25.1 Å². The van der Waals surface area contributed by atoms with Gasteiger partial charge in [0.25, 0.3) is 0 Å². The van der Waals surface area contributed by atoms with Crippen LogP contribution in [0.2, 0.25) is 0 Å². The van der Waals surface area contributed by atoms with E-state index in [-0.39, 0.29) is 11.9 Å². The highest BCUT2D eigenvalue weighted by atomic mass is 32.2. The van der Waals surface area contributed by atoms with Crippen molar-refractivity contribution in [1.82, 2.24) is 5.32 Å². The zero-order chi connectivity index (χ0) is 18.0. The highest BCUT2D eigenvalue weighted by molar-refractivity contribution is 7.92. The van der Waals surface area contributed by atoms with Crippen molar-refractivity contribution in [3.05, 3.63) is 65.2 Å². The number of sulfonamides is 1. The molecule has 3 rings (SSSR count). The molecule has 0 fully saturated rings. The maximum absolute atomic E-state index is 12.4. The van der Waals surface area contributed by atoms with Crippen LogP contribution in [0.25, 0.3) is 0 Å². The summed E-state index contributed by atoms with van der Waals surface area (Å²) in [6.45, 7) is 2.38. The van der Waals surface area contributed by atoms with Gasteiger partial charge in [0.15, 0.2) is 0 Å². The number of anilines is 1. The van der Waals surface area contributed by atoms with Gasteiger partial charge in [-0.1, -0.05) is 48.0 Å². The van der Waals surface area contributed by atoms with E-state index < -0.39 is 10.0 Å². The zero-order valence-electron chi connectivity index (χ0n) is 14.4. The van der Waals surface area contributed by atoms with Crippen LogP contribution in [0.3, 0.4) is 0 Å². The monoisotopic (exact) mass is 358 g/mol. The molecule has 1 unspecified atom stereocenters. The minimum atomic E-state index is -3.32. The predicted molar refractivity (Wildman–Crippen MR) is 99.0 cm³/mol. The van der Waals surface area contributed by atoms with Crippen LogP contribution < -0.4 is 9.62 Å². The lowest BCUT2D eigenvalue weighted by molar-refractivity contribution is -0.121. The Kier molecular flexibility index (Phi) is 4.81. The lowest BCUT2D eigenvalue weighted by atomic mass is 9.97. The van der Waals surface area contributed by atoms with Crippen molar-refractivity contribution in [2.45, 2.75) is 25.8 Å². The lowest BCUT2D eigenvalue weighted by Crippen LogP contribution is -2.40. The topological polar surface area (TPSA) is 66.5 Å². The average molecular weight is 358 g/mol. The van der Waals surface area contributed by atoms with E-state index in [4.69, 9.17) is 0 Å². The molecule has 132 valence electrons. The van der Waals surface area contributed by atoms with Crippen LogP contribution in [0.5, 0.6) is 0 Å².